The fraction of sp³-hybridized carbons (Fsp3) is 0.500. The van der Waals surface area contributed by atoms with Gasteiger partial charge in [-0.1, -0.05) is 11.6 Å². The Bertz CT molecular complexity index is 809. The Hall–Kier alpha value is -2.05. The van der Waals surface area contributed by atoms with Crippen molar-refractivity contribution in [3.63, 3.8) is 0 Å². The standard InChI is InChI=1S/C20H27ClN4O2/c1-24(2)10-7-22-19(26)11-14-5-8-25(9-6-14)20(27)18-13-15-12-16(21)3-4-17(15)23-18/h3-4,12-14,23H,5-11H2,1-2H3,(H,22,26). The molecule has 2 N–H and O–H groups in total. The number of likely N-dealkylation sites (tertiary alicyclic amines) is 1. The van der Waals surface area contributed by atoms with E-state index in [2.05, 4.69) is 10.3 Å². The summed E-state index contributed by atoms with van der Waals surface area (Å²) in [5.41, 5.74) is 1.50. The zero-order chi connectivity index (χ0) is 19.4. The van der Waals surface area contributed by atoms with Crippen LogP contribution >= 0.6 is 11.6 Å². The number of halogens is 1. The van der Waals surface area contributed by atoms with Gasteiger partial charge < -0.3 is 20.1 Å². The van der Waals surface area contributed by atoms with Gasteiger partial charge in [-0.2, -0.15) is 0 Å². The van der Waals surface area contributed by atoms with Crippen molar-refractivity contribution in [1.29, 1.82) is 0 Å². The lowest BCUT2D eigenvalue weighted by atomic mass is 9.93. The van der Waals surface area contributed by atoms with E-state index in [-0.39, 0.29) is 11.8 Å². The highest BCUT2D eigenvalue weighted by Gasteiger charge is 2.25. The van der Waals surface area contributed by atoms with Gasteiger partial charge in [-0.25, -0.2) is 0 Å². The van der Waals surface area contributed by atoms with Gasteiger partial charge in [0.2, 0.25) is 5.91 Å². The summed E-state index contributed by atoms with van der Waals surface area (Å²) in [5.74, 6) is 0.459. The van der Waals surface area contributed by atoms with Crippen molar-refractivity contribution in [2.75, 3.05) is 40.3 Å². The second-order valence-corrected chi connectivity index (χ2v) is 7.94. The van der Waals surface area contributed by atoms with Crippen molar-refractivity contribution in [3.05, 3.63) is 35.0 Å². The van der Waals surface area contributed by atoms with E-state index in [0.29, 0.717) is 42.7 Å². The van der Waals surface area contributed by atoms with Gasteiger partial charge in [-0.3, -0.25) is 9.59 Å². The Labute approximate surface area is 164 Å². The molecule has 1 aliphatic heterocycles. The molecule has 27 heavy (non-hydrogen) atoms. The number of benzene rings is 1. The quantitative estimate of drug-likeness (QED) is 0.796. The van der Waals surface area contributed by atoms with E-state index in [4.69, 9.17) is 11.6 Å². The third-order valence-electron chi connectivity index (χ3n) is 5.07. The maximum absolute atomic E-state index is 12.8. The van der Waals surface area contributed by atoms with Crippen LogP contribution in [-0.2, 0) is 4.79 Å². The molecule has 0 saturated carbocycles. The first-order chi connectivity index (χ1) is 12.9. The molecule has 7 heteroatoms. The van der Waals surface area contributed by atoms with E-state index in [1.54, 1.807) is 0 Å². The van der Waals surface area contributed by atoms with Gasteiger partial charge in [-0.15, -0.1) is 0 Å². The summed E-state index contributed by atoms with van der Waals surface area (Å²) in [6.45, 7) is 2.89. The molecule has 2 aromatic rings. The summed E-state index contributed by atoms with van der Waals surface area (Å²) in [6, 6.07) is 7.40. The number of likely N-dealkylation sites (N-methyl/N-ethyl adjacent to an activating group) is 1. The van der Waals surface area contributed by atoms with Gasteiger partial charge in [0, 0.05) is 48.5 Å². The molecule has 1 aromatic carbocycles. The van der Waals surface area contributed by atoms with Crippen LogP contribution < -0.4 is 5.32 Å². The second kappa shape index (κ2) is 8.76. The van der Waals surface area contributed by atoms with E-state index in [9.17, 15) is 9.59 Å². The molecule has 0 aliphatic carbocycles. The minimum atomic E-state index is 0.0104. The molecule has 2 heterocycles. The Morgan fingerprint density at radius 2 is 2.00 bits per heavy atom. The molecule has 3 rings (SSSR count). The molecule has 1 fully saturated rings. The zero-order valence-corrected chi connectivity index (χ0v) is 16.7. The van der Waals surface area contributed by atoms with Crippen LogP contribution in [0.3, 0.4) is 0 Å². The average Bonchev–Trinajstić information content (AvgIpc) is 3.04. The maximum atomic E-state index is 12.8. The summed E-state index contributed by atoms with van der Waals surface area (Å²) in [5, 5.41) is 4.56. The molecule has 0 unspecified atom stereocenters. The molecule has 1 aromatic heterocycles. The van der Waals surface area contributed by atoms with Gasteiger partial charge in [0.05, 0.1) is 0 Å². The summed E-state index contributed by atoms with van der Waals surface area (Å²) in [4.78, 5) is 31.9. The Balaban J connectivity index is 1.49. The molecule has 0 atom stereocenters. The van der Waals surface area contributed by atoms with E-state index in [1.165, 1.54) is 0 Å². The van der Waals surface area contributed by atoms with E-state index >= 15 is 0 Å². The molecule has 0 bridgehead atoms. The number of carbonyl (C=O) groups excluding carboxylic acids is 2. The number of aromatic nitrogens is 1. The van der Waals surface area contributed by atoms with Crippen molar-refractivity contribution in [2.24, 2.45) is 5.92 Å². The first-order valence-electron chi connectivity index (χ1n) is 9.41. The van der Waals surface area contributed by atoms with Crippen LogP contribution in [0.4, 0.5) is 0 Å². The predicted molar refractivity (Wildman–Crippen MR) is 108 cm³/mol. The van der Waals surface area contributed by atoms with Gasteiger partial charge in [-0.05, 0) is 57.1 Å². The number of carbonyl (C=O) groups is 2. The fourth-order valence-electron chi connectivity index (χ4n) is 3.48. The van der Waals surface area contributed by atoms with Crippen LogP contribution in [0.15, 0.2) is 24.3 Å². The molecule has 2 amide bonds. The average molecular weight is 391 g/mol. The number of fused-ring (bicyclic) bond motifs is 1. The van der Waals surface area contributed by atoms with Crippen molar-refractivity contribution >= 4 is 34.3 Å². The second-order valence-electron chi connectivity index (χ2n) is 7.51. The minimum Gasteiger partial charge on any atom is -0.355 e. The van der Waals surface area contributed by atoms with Crippen molar-refractivity contribution in [2.45, 2.75) is 19.3 Å². The Kier molecular flexibility index (Phi) is 6.39. The third-order valence-corrected chi connectivity index (χ3v) is 5.31. The number of rotatable bonds is 6. The van der Waals surface area contributed by atoms with Crippen LogP contribution in [0.5, 0.6) is 0 Å². The van der Waals surface area contributed by atoms with Gasteiger partial charge >= 0.3 is 0 Å². The summed E-state index contributed by atoms with van der Waals surface area (Å²) >= 11 is 6.02. The van der Waals surface area contributed by atoms with E-state index in [0.717, 1.165) is 30.3 Å². The molecule has 0 radical (unpaired) electrons. The van der Waals surface area contributed by atoms with Crippen LogP contribution in [0.25, 0.3) is 10.9 Å². The number of piperidine rings is 1. The monoisotopic (exact) mass is 390 g/mol. The van der Waals surface area contributed by atoms with Crippen LogP contribution in [0, 0.1) is 5.92 Å². The van der Waals surface area contributed by atoms with E-state index in [1.807, 2.05) is 48.2 Å². The number of aromatic amines is 1. The number of hydrogen-bond acceptors (Lipinski definition) is 3. The molecular weight excluding hydrogens is 364 g/mol. The predicted octanol–water partition coefficient (Wildman–Crippen LogP) is 2.74. The number of amides is 2. The summed E-state index contributed by atoms with van der Waals surface area (Å²) < 4.78 is 0. The number of nitrogens with zero attached hydrogens (tertiary/aromatic N) is 2. The maximum Gasteiger partial charge on any atom is 0.270 e. The molecule has 1 aliphatic rings. The van der Waals surface area contributed by atoms with Crippen LogP contribution in [-0.4, -0.2) is 66.9 Å². The molecule has 0 spiro atoms. The topological polar surface area (TPSA) is 68.4 Å². The molecule has 6 nitrogen and oxygen atoms in total. The summed E-state index contributed by atoms with van der Waals surface area (Å²) in [6.07, 6.45) is 2.26. The molecule has 1 saturated heterocycles. The largest absolute Gasteiger partial charge is 0.355 e. The first-order valence-corrected chi connectivity index (χ1v) is 9.79. The van der Waals surface area contributed by atoms with Crippen LogP contribution in [0.2, 0.25) is 5.02 Å². The van der Waals surface area contributed by atoms with Gasteiger partial charge in [0.1, 0.15) is 5.69 Å². The number of H-pyrrole nitrogens is 1. The zero-order valence-electron chi connectivity index (χ0n) is 15.9. The SMILES string of the molecule is CN(C)CCNC(=O)CC1CCN(C(=O)c2cc3cc(Cl)ccc3[nH]2)CC1. The highest BCUT2D eigenvalue weighted by Crippen LogP contribution is 2.24. The highest BCUT2D eigenvalue weighted by molar-refractivity contribution is 6.31. The number of nitrogens with one attached hydrogen (secondary N) is 2. The highest BCUT2D eigenvalue weighted by atomic mass is 35.5. The Morgan fingerprint density at radius 3 is 2.70 bits per heavy atom. The minimum absolute atomic E-state index is 0.0104. The van der Waals surface area contributed by atoms with Gasteiger partial charge in [0.25, 0.3) is 5.91 Å². The smallest absolute Gasteiger partial charge is 0.270 e. The van der Waals surface area contributed by atoms with Crippen molar-refractivity contribution < 1.29 is 9.59 Å². The lowest BCUT2D eigenvalue weighted by Gasteiger charge is -2.31. The van der Waals surface area contributed by atoms with Gasteiger partial charge in [0.15, 0.2) is 0 Å². The van der Waals surface area contributed by atoms with Crippen molar-refractivity contribution in [1.82, 2.24) is 20.1 Å². The van der Waals surface area contributed by atoms with E-state index < -0.39 is 0 Å². The lowest BCUT2D eigenvalue weighted by Crippen LogP contribution is -2.40. The van der Waals surface area contributed by atoms with Crippen molar-refractivity contribution in [3.8, 4) is 0 Å². The fourth-order valence-corrected chi connectivity index (χ4v) is 3.66. The Morgan fingerprint density at radius 1 is 1.26 bits per heavy atom. The molecule has 146 valence electrons. The summed E-state index contributed by atoms with van der Waals surface area (Å²) in [7, 11) is 3.97. The number of hydrogen-bond donors (Lipinski definition) is 2. The first kappa shape index (κ1) is 19.7. The lowest BCUT2D eigenvalue weighted by molar-refractivity contribution is -0.122. The third kappa shape index (κ3) is 5.23. The normalized spacial score (nSPS) is 15.5. The molecular formula is C20H27ClN4O2. The van der Waals surface area contributed by atoms with Crippen LogP contribution in [0.1, 0.15) is 29.8 Å².